The summed E-state index contributed by atoms with van der Waals surface area (Å²) in [6.45, 7) is 2.15. The summed E-state index contributed by atoms with van der Waals surface area (Å²) in [5, 5.41) is 5.01. The third kappa shape index (κ3) is 4.86. The number of rotatable bonds is 7. The van der Waals surface area contributed by atoms with Crippen LogP contribution in [0.4, 0.5) is 5.69 Å². The zero-order valence-electron chi connectivity index (χ0n) is 18.4. The number of hydrogen-bond donors (Lipinski definition) is 1. The second kappa shape index (κ2) is 9.38. The van der Waals surface area contributed by atoms with Crippen LogP contribution in [-0.2, 0) is 24.1 Å². The lowest BCUT2D eigenvalue weighted by Crippen LogP contribution is -2.15. The molecule has 0 saturated carbocycles. The van der Waals surface area contributed by atoms with E-state index in [0.717, 1.165) is 40.4 Å². The van der Waals surface area contributed by atoms with E-state index in [9.17, 15) is 4.79 Å². The predicted molar refractivity (Wildman–Crippen MR) is 134 cm³/mol. The van der Waals surface area contributed by atoms with Crippen LogP contribution in [0.3, 0.4) is 0 Å². The second-order valence-electron chi connectivity index (χ2n) is 8.01. The first-order valence-corrected chi connectivity index (χ1v) is 11.9. The fraction of sp³-hybridized carbons (Fsp3) is 0.148. The number of amides is 1. The van der Waals surface area contributed by atoms with Gasteiger partial charge in [0.05, 0.1) is 12.1 Å². The van der Waals surface area contributed by atoms with Crippen LogP contribution in [0.25, 0.3) is 16.2 Å². The molecule has 0 fully saturated rings. The first kappa shape index (κ1) is 21.1. The average Bonchev–Trinajstić information content (AvgIpc) is 3.43. The summed E-state index contributed by atoms with van der Waals surface area (Å²) >= 11 is 1.56. The van der Waals surface area contributed by atoms with Crippen LogP contribution >= 0.6 is 11.3 Å². The Hall–Kier alpha value is -3.77. The maximum absolute atomic E-state index is 12.7. The molecule has 6 heteroatoms. The van der Waals surface area contributed by atoms with Gasteiger partial charge in [-0.25, -0.2) is 4.98 Å². The number of imidazole rings is 1. The van der Waals surface area contributed by atoms with Crippen molar-refractivity contribution in [2.75, 3.05) is 5.32 Å². The van der Waals surface area contributed by atoms with Crippen LogP contribution < -0.4 is 5.32 Å². The number of aromatic nitrogens is 3. The summed E-state index contributed by atoms with van der Waals surface area (Å²) in [7, 11) is 0. The zero-order chi connectivity index (χ0) is 22.6. The highest BCUT2D eigenvalue weighted by molar-refractivity contribution is 7.15. The van der Waals surface area contributed by atoms with E-state index in [4.69, 9.17) is 4.98 Å². The van der Waals surface area contributed by atoms with Gasteiger partial charge < -0.3 is 5.32 Å². The van der Waals surface area contributed by atoms with Crippen molar-refractivity contribution in [2.24, 2.45) is 0 Å². The molecule has 0 aliphatic rings. The van der Waals surface area contributed by atoms with Gasteiger partial charge in [-0.15, -0.1) is 11.3 Å². The van der Waals surface area contributed by atoms with Crippen molar-refractivity contribution >= 4 is 27.9 Å². The number of benzene rings is 2. The van der Waals surface area contributed by atoms with Crippen LogP contribution in [0.1, 0.15) is 29.3 Å². The molecule has 33 heavy (non-hydrogen) atoms. The van der Waals surface area contributed by atoms with Crippen molar-refractivity contribution in [1.29, 1.82) is 0 Å². The van der Waals surface area contributed by atoms with Crippen LogP contribution in [-0.4, -0.2) is 20.3 Å². The number of aryl methyl sites for hydroxylation is 1. The lowest BCUT2D eigenvalue weighted by atomic mass is 10.1. The average molecular weight is 453 g/mol. The van der Waals surface area contributed by atoms with Crippen molar-refractivity contribution in [1.82, 2.24) is 14.4 Å². The summed E-state index contributed by atoms with van der Waals surface area (Å²) < 4.78 is 2.02. The normalized spacial score (nSPS) is 11.1. The van der Waals surface area contributed by atoms with E-state index in [1.165, 1.54) is 16.7 Å². The summed E-state index contributed by atoms with van der Waals surface area (Å²) in [6.07, 6.45) is 7.78. The molecule has 0 bridgehead atoms. The van der Waals surface area contributed by atoms with Gasteiger partial charge in [-0.05, 0) is 53.8 Å². The van der Waals surface area contributed by atoms with Crippen LogP contribution in [0.15, 0.2) is 84.6 Å². The standard InChI is InChI=1S/C27H24N4OS/c1-2-19-3-7-22(8-4-19)25-17-31-24(18-33-27(31)30-25)16-26(32)29-23-9-5-20(6-10-23)15-21-11-13-28-14-12-21/h3-14,17-18H,2,15-16H2,1H3,(H,29,32). The van der Waals surface area contributed by atoms with Gasteiger partial charge in [-0.3, -0.25) is 14.2 Å². The van der Waals surface area contributed by atoms with Crippen LogP contribution in [0.2, 0.25) is 0 Å². The molecule has 5 nitrogen and oxygen atoms in total. The smallest absolute Gasteiger partial charge is 0.230 e. The fourth-order valence-electron chi connectivity index (χ4n) is 3.82. The number of carbonyl (C=O) groups is 1. The minimum atomic E-state index is -0.0425. The lowest BCUT2D eigenvalue weighted by Gasteiger charge is -2.07. The summed E-state index contributed by atoms with van der Waals surface area (Å²) in [6, 6.07) is 20.5. The van der Waals surface area contributed by atoms with Gasteiger partial charge in [0.1, 0.15) is 0 Å². The SMILES string of the molecule is CCc1ccc(-c2cn3c(CC(=O)Nc4ccc(Cc5ccncc5)cc4)csc3n2)cc1. The zero-order valence-corrected chi connectivity index (χ0v) is 19.2. The Morgan fingerprint density at radius 1 is 0.939 bits per heavy atom. The van der Waals surface area contributed by atoms with Crippen LogP contribution in [0.5, 0.6) is 0 Å². The molecule has 0 aliphatic heterocycles. The molecule has 0 spiro atoms. The van der Waals surface area contributed by atoms with Gasteiger partial charge in [-0.1, -0.05) is 43.3 Å². The molecule has 3 aromatic heterocycles. The highest BCUT2D eigenvalue weighted by Crippen LogP contribution is 2.24. The van der Waals surface area contributed by atoms with Gasteiger partial charge in [0.15, 0.2) is 4.96 Å². The largest absolute Gasteiger partial charge is 0.326 e. The maximum Gasteiger partial charge on any atom is 0.230 e. The quantitative estimate of drug-likeness (QED) is 0.340. The minimum absolute atomic E-state index is 0.0425. The second-order valence-corrected chi connectivity index (χ2v) is 8.85. The topological polar surface area (TPSA) is 59.3 Å². The Morgan fingerprint density at radius 2 is 1.64 bits per heavy atom. The first-order chi connectivity index (χ1) is 16.2. The fourth-order valence-corrected chi connectivity index (χ4v) is 4.69. The highest BCUT2D eigenvalue weighted by atomic mass is 32.1. The number of anilines is 1. The predicted octanol–water partition coefficient (Wildman–Crippen LogP) is 5.79. The Morgan fingerprint density at radius 3 is 2.36 bits per heavy atom. The monoisotopic (exact) mass is 452 g/mol. The molecule has 0 saturated heterocycles. The maximum atomic E-state index is 12.7. The van der Waals surface area contributed by atoms with Crippen molar-refractivity contribution in [3.05, 3.63) is 107 Å². The van der Waals surface area contributed by atoms with Crippen molar-refractivity contribution in [3.8, 4) is 11.3 Å². The first-order valence-electron chi connectivity index (χ1n) is 11.0. The minimum Gasteiger partial charge on any atom is -0.326 e. The number of pyridine rings is 1. The van der Waals surface area contributed by atoms with Crippen molar-refractivity contribution < 1.29 is 4.79 Å². The molecular formula is C27H24N4OS. The molecule has 164 valence electrons. The molecule has 3 heterocycles. The summed E-state index contributed by atoms with van der Waals surface area (Å²) in [5.41, 5.74) is 7.46. The van der Waals surface area contributed by atoms with Gasteiger partial charge in [0, 0.05) is 40.9 Å². The molecule has 1 amide bonds. The molecule has 5 aromatic rings. The third-order valence-corrected chi connectivity index (χ3v) is 6.57. The van der Waals surface area contributed by atoms with Crippen LogP contribution in [0, 0.1) is 0 Å². The van der Waals surface area contributed by atoms with E-state index < -0.39 is 0 Å². The number of thiazole rings is 1. The van der Waals surface area contributed by atoms with E-state index in [2.05, 4.69) is 41.5 Å². The van der Waals surface area contributed by atoms with E-state index in [1.54, 1.807) is 23.7 Å². The van der Waals surface area contributed by atoms with E-state index in [1.807, 2.05) is 52.4 Å². The Kier molecular flexibility index (Phi) is 6.00. The number of nitrogens with one attached hydrogen (secondary N) is 1. The van der Waals surface area contributed by atoms with Gasteiger partial charge in [0.25, 0.3) is 0 Å². The molecule has 0 aliphatic carbocycles. The van der Waals surface area contributed by atoms with Gasteiger partial charge in [0.2, 0.25) is 5.91 Å². The van der Waals surface area contributed by atoms with E-state index >= 15 is 0 Å². The Labute approximate surface area is 196 Å². The summed E-state index contributed by atoms with van der Waals surface area (Å²) in [4.78, 5) is 22.4. The van der Waals surface area contributed by atoms with E-state index in [0.29, 0.717) is 6.42 Å². The van der Waals surface area contributed by atoms with Crippen molar-refractivity contribution in [2.45, 2.75) is 26.2 Å². The molecule has 5 rings (SSSR count). The molecular weight excluding hydrogens is 428 g/mol. The molecule has 1 N–H and O–H groups in total. The number of fused-ring (bicyclic) bond motifs is 1. The molecule has 0 unspecified atom stereocenters. The lowest BCUT2D eigenvalue weighted by molar-refractivity contribution is -0.115. The number of nitrogens with zero attached hydrogens (tertiary/aromatic N) is 3. The highest BCUT2D eigenvalue weighted by Gasteiger charge is 2.13. The number of hydrogen-bond acceptors (Lipinski definition) is 4. The number of carbonyl (C=O) groups excluding carboxylic acids is 1. The van der Waals surface area contributed by atoms with Crippen molar-refractivity contribution in [3.63, 3.8) is 0 Å². The van der Waals surface area contributed by atoms with E-state index in [-0.39, 0.29) is 5.91 Å². The van der Waals surface area contributed by atoms with Gasteiger partial charge in [-0.2, -0.15) is 0 Å². The van der Waals surface area contributed by atoms with Gasteiger partial charge >= 0.3 is 0 Å². The molecule has 0 radical (unpaired) electrons. The molecule has 2 aromatic carbocycles. The summed E-state index contributed by atoms with van der Waals surface area (Å²) in [5.74, 6) is -0.0425. The Bertz CT molecular complexity index is 1370. The Balaban J connectivity index is 1.25. The third-order valence-electron chi connectivity index (χ3n) is 5.68. The molecule has 0 atom stereocenters.